The van der Waals surface area contributed by atoms with E-state index in [9.17, 15) is 31.6 Å². The number of benzene rings is 6. The first kappa shape index (κ1) is 27.4. The van der Waals surface area contributed by atoms with Crippen molar-refractivity contribution < 1.29 is 26.3 Å². The molecule has 0 saturated carbocycles. The van der Waals surface area contributed by atoms with Crippen LogP contribution in [0, 0.1) is 11.5 Å². The van der Waals surface area contributed by atoms with E-state index in [2.05, 4.69) is 4.99 Å². The fraction of sp³-hybridized carbons (Fsp3) is 0.0556. The van der Waals surface area contributed by atoms with Gasteiger partial charge in [0, 0.05) is 11.1 Å². The highest BCUT2D eigenvalue weighted by atomic mass is 19.4. The maximum atomic E-state index is 14.6. The van der Waals surface area contributed by atoms with Crippen LogP contribution in [-0.4, -0.2) is 5.71 Å². The van der Waals surface area contributed by atoms with Gasteiger partial charge in [-0.2, -0.15) is 36.6 Å². The summed E-state index contributed by atoms with van der Waals surface area (Å²) in [6, 6.07) is 28.6. The summed E-state index contributed by atoms with van der Waals surface area (Å²) in [6.07, 6.45) is -7.94. The molecule has 0 fully saturated rings. The van der Waals surface area contributed by atoms with Gasteiger partial charge >= 0.3 is 12.4 Å². The van der Waals surface area contributed by atoms with E-state index in [-0.39, 0.29) is 50.2 Å². The Bertz CT molecular complexity index is 2070. The second-order valence-electron chi connectivity index (χ2n) is 10.6. The Balaban J connectivity index is 1.50. The van der Waals surface area contributed by atoms with E-state index in [4.69, 9.17) is 0 Å². The number of nitrogens with zero attached hydrogens (tertiary/aromatic N) is 2. The highest BCUT2D eigenvalue weighted by Gasteiger charge is 2.40. The molecule has 1 aliphatic carbocycles. The maximum Gasteiger partial charge on any atom is 0.417 e. The zero-order chi connectivity index (χ0) is 30.8. The predicted octanol–water partition coefficient (Wildman–Crippen LogP) is 10.7. The largest absolute Gasteiger partial charge is 0.417 e. The predicted molar refractivity (Wildman–Crippen MR) is 159 cm³/mol. The average Bonchev–Trinajstić information content (AvgIpc) is 3.30. The minimum atomic E-state index is -4.82. The Hall–Kier alpha value is -5.42. The molecular formula is C36H18F6N2. The summed E-state index contributed by atoms with van der Waals surface area (Å²) in [7, 11) is 0. The topological polar surface area (TPSA) is 36.1 Å². The number of hydrogen-bond donors (Lipinski definition) is 0. The molecule has 0 unspecified atom stereocenters. The molecule has 0 spiro atoms. The summed E-state index contributed by atoms with van der Waals surface area (Å²) in [5.74, 6) is 0. The van der Waals surface area contributed by atoms with Gasteiger partial charge in [-0.25, -0.2) is 0 Å². The number of aliphatic imine (C=N–C) groups is 1. The number of fused-ring (bicyclic) bond motifs is 5. The first-order chi connectivity index (χ1) is 21.0. The van der Waals surface area contributed by atoms with Gasteiger partial charge in [-0.05, 0) is 91.3 Å². The van der Waals surface area contributed by atoms with E-state index in [1.807, 2.05) is 24.3 Å². The quantitative estimate of drug-likeness (QED) is 0.145. The zero-order valence-corrected chi connectivity index (χ0v) is 22.6. The Labute approximate surface area is 247 Å². The van der Waals surface area contributed by atoms with Gasteiger partial charge in [0.15, 0.2) is 0 Å². The van der Waals surface area contributed by atoms with Gasteiger partial charge in [-0.1, -0.05) is 72.8 Å². The van der Waals surface area contributed by atoms with Crippen molar-refractivity contribution in [2.24, 2.45) is 4.99 Å². The molecule has 0 bridgehead atoms. The van der Waals surface area contributed by atoms with E-state index in [0.717, 1.165) is 33.7 Å². The highest BCUT2D eigenvalue weighted by Crippen LogP contribution is 2.49. The van der Waals surface area contributed by atoms with Crippen molar-refractivity contribution in [3.05, 3.63) is 131 Å². The van der Waals surface area contributed by atoms with Crippen LogP contribution in [0.25, 0.3) is 54.9 Å². The maximum absolute atomic E-state index is 14.6. The summed E-state index contributed by atoms with van der Waals surface area (Å²) in [5, 5.41) is 12.7. The van der Waals surface area contributed by atoms with E-state index >= 15 is 0 Å². The third kappa shape index (κ3) is 4.49. The molecule has 2 nitrogen and oxygen atoms in total. The Kier molecular flexibility index (Phi) is 6.12. The first-order valence-corrected chi connectivity index (χ1v) is 13.5. The van der Waals surface area contributed by atoms with Crippen LogP contribution in [0.1, 0.15) is 22.3 Å². The lowest BCUT2D eigenvalue weighted by Crippen LogP contribution is -2.09. The van der Waals surface area contributed by atoms with Gasteiger partial charge in [-0.3, -0.25) is 0 Å². The van der Waals surface area contributed by atoms with Gasteiger partial charge in [0.25, 0.3) is 0 Å². The number of halogens is 6. The van der Waals surface area contributed by atoms with Crippen molar-refractivity contribution in [3.63, 3.8) is 0 Å². The summed E-state index contributed by atoms with van der Waals surface area (Å²) in [4.78, 5) is 3.92. The summed E-state index contributed by atoms with van der Waals surface area (Å²) in [5.41, 5.74) is -1.57. The molecule has 7 rings (SSSR count). The lowest BCUT2D eigenvalue weighted by molar-refractivity contribution is -0.138. The molecular weight excluding hydrogens is 574 g/mol. The van der Waals surface area contributed by atoms with Crippen LogP contribution in [0.2, 0.25) is 0 Å². The van der Waals surface area contributed by atoms with E-state index in [1.165, 1.54) is 12.1 Å². The fourth-order valence-corrected chi connectivity index (χ4v) is 6.01. The van der Waals surface area contributed by atoms with Crippen LogP contribution in [-0.2, 0) is 12.4 Å². The van der Waals surface area contributed by atoms with Crippen molar-refractivity contribution in [2.45, 2.75) is 12.4 Å². The van der Waals surface area contributed by atoms with Gasteiger partial charge in [-0.15, -0.1) is 0 Å². The monoisotopic (exact) mass is 592 g/mol. The molecule has 0 atom stereocenters. The third-order valence-corrected chi connectivity index (χ3v) is 8.01. The van der Waals surface area contributed by atoms with E-state index in [1.54, 1.807) is 66.9 Å². The number of hydrogen-bond acceptors (Lipinski definition) is 2. The molecule has 0 aliphatic heterocycles. The van der Waals surface area contributed by atoms with Crippen molar-refractivity contribution in [3.8, 4) is 39.6 Å². The standard InChI is InChI=1S/C36H18F6N2/c37-35(38,39)32-17-28-29-18-33(36(40,41)42)27(25-12-10-21-6-2-4-8-23(21)14-25)16-31(29)34(44-19-43)30(28)15-26(32)24-11-9-20-5-1-3-7-22(20)13-24/h1-18H. The third-order valence-electron chi connectivity index (χ3n) is 8.01. The number of rotatable bonds is 2. The van der Waals surface area contributed by atoms with Crippen molar-refractivity contribution in [1.29, 1.82) is 5.26 Å². The van der Waals surface area contributed by atoms with Crippen LogP contribution in [0.4, 0.5) is 26.3 Å². The van der Waals surface area contributed by atoms with Gasteiger partial charge in [0.2, 0.25) is 6.19 Å². The molecule has 6 aromatic carbocycles. The van der Waals surface area contributed by atoms with Crippen LogP contribution >= 0.6 is 0 Å². The molecule has 6 aromatic rings. The molecule has 44 heavy (non-hydrogen) atoms. The summed E-state index contributed by atoms with van der Waals surface area (Å²) < 4.78 is 87.3. The Morgan fingerprint density at radius 1 is 0.455 bits per heavy atom. The summed E-state index contributed by atoms with van der Waals surface area (Å²) in [6.45, 7) is 0. The lowest BCUT2D eigenvalue weighted by Gasteiger charge is -2.17. The van der Waals surface area contributed by atoms with E-state index in [0.29, 0.717) is 0 Å². The van der Waals surface area contributed by atoms with Gasteiger partial charge < -0.3 is 0 Å². The Morgan fingerprint density at radius 2 is 0.864 bits per heavy atom. The first-order valence-electron chi connectivity index (χ1n) is 13.5. The molecule has 8 heteroatoms. The molecule has 0 aromatic heterocycles. The molecule has 1 aliphatic rings. The van der Waals surface area contributed by atoms with Crippen molar-refractivity contribution in [1.82, 2.24) is 0 Å². The molecule has 0 saturated heterocycles. The van der Waals surface area contributed by atoms with Crippen LogP contribution < -0.4 is 0 Å². The minimum absolute atomic E-state index is 0.0176. The second kappa shape index (κ2) is 9.81. The molecule has 0 heterocycles. The van der Waals surface area contributed by atoms with Gasteiger partial charge in [0.05, 0.1) is 16.8 Å². The fourth-order valence-electron chi connectivity index (χ4n) is 6.01. The van der Waals surface area contributed by atoms with Crippen molar-refractivity contribution >= 4 is 27.3 Å². The number of alkyl halides is 6. The second-order valence-corrected chi connectivity index (χ2v) is 10.6. The van der Waals surface area contributed by atoms with Gasteiger partial charge in [0.1, 0.15) is 0 Å². The zero-order valence-electron chi connectivity index (χ0n) is 22.6. The summed E-state index contributed by atoms with van der Waals surface area (Å²) >= 11 is 0. The number of nitriles is 1. The molecule has 0 radical (unpaired) electrons. The lowest BCUT2D eigenvalue weighted by atomic mass is 9.90. The molecule has 214 valence electrons. The van der Waals surface area contributed by atoms with Crippen LogP contribution in [0.15, 0.2) is 114 Å². The highest BCUT2D eigenvalue weighted by molar-refractivity contribution is 6.26. The molecule has 0 N–H and O–H groups in total. The molecule has 0 amide bonds. The average molecular weight is 593 g/mol. The Morgan fingerprint density at radius 3 is 1.25 bits per heavy atom. The van der Waals surface area contributed by atoms with Crippen LogP contribution in [0.3, 0.4) is 0 Å². The SMILES string of the molecule is N#CN=C1c2cc(-c3ccc4ccccc4c3)c(C(F)(F)F)cc2-c2cc(C(F)(F)F)c(-c3ccc4ccccc4c3)cc21. The van der Waals surface area contributed by atoms with Crippen molar-refractivity contribution in [2.75, 3.05) is 0 Å². The smallest absolute Gasteiger partial charge is 0.172 e. The minimum Gasteiger partial charge on any atom is -0.172 e. The van der Waals surface area contributed by atoms with Crippen LogP contribution in [0.5, 0.6) is 0 Å². The van der Waals surface area contributed by atoms with E-state index < -0.39 is 23.5 Å². The normalized spacial score (nSPS) is 12.7.